The van der Waals surface area contributed by atoms with Gasteiger partial charge in [-0.15, -0.1) is 0 Å². The molecule has 0 aromatic heterocycles. The Kier molecular flexibility index (Phi) is 3.10. The summed E-state index contributed by atoms with van der Waals surface area (Å²) in [6.07, 6.45) is 3.31. The Bertz CT molecular complexity index is 271. The maximum absolute atomic E-state index is 11.5. The Morgan fingerprint density at radius 3 is 2.87 bits per heavy atom. The molecule has 1 saturated carbocycles. The minimum absolute atomic E-state index is 0.287. The highest BCUT2D eigenvalue weighted by Crippen LogP contribution is 2.20. The molecular formula is C12H20N2O. The number of nitrogens with one attached hydrogen (secondary N) is 1. The Morgan fingerprint density at radius 1 is 1.60 bits per heavy atom. The molecule has 1 atom stereocenters. The van der Waals surface area contributed by atoms with Crippen molar-refractivity contribution >= 4 is 5.91 Å². The van der Waals surface area contributed by atoms with Gasteiger partial charge in [0.25, 0.3) is 0 Å². The molecule has 15 heavy (non-hydrogen) atoms. The molecule has 0 radical (unpaired) electrons. The lowest BCUT2D eigenvalue weighted by molar-refractivity contribution is -0.127. The van der Waals surface area contributed by atoms with Crippen molar-refractivity contribution in [2.75, 3.05) is 19.6 Å². The molecule has 2 rings (SSSR count). The second-order valence-corrected chi connectivity index (χ2v) is 4.99. The zero-order chi connectivity index (χ0) is 10.8. The smallest absolute Gasteiger partial charge is 0.223 e. The molecule has 3 heteroatoms. The molecule has 1 saturated heterocycles. The molecule has 2 fully saturated rings. The van der Waals surface area contributed by atoms with Crippen LogP contribution in [0.25, 0.3) is 0 Å². The van der Waals surface area contributed by atoms with Crippen molar-refractivity contribution in [3.63, 3.8) is 0 Å². The monoisotopic (exact) mass is 208 g/mol. The van der Waals surface area contributed by atoms with Gasteiger partial charge in [0.05, 0.1) is 0 Å². The number of likely N-dealkylation sites (tertiary alicyclic amines) is 1. The van der Waals surface area contributed by atoms with Crippen LogP contribution in [0.3, 0.4) is 0 Å². The van der Waals surface area contributed by atoms with Crippen LogP contribution >= 0.6 is 0 Å². The van der Waals surface area contributed by atoms with Crippen LogP contribution in [-0.4, -0.2) is 36.5 Å². The first-order chi connectivity index (χ1) is 7.15. The Balaban J connectivity index is 1.70. The first-order valence-corrected chi connectivity index (χ1v) is 5.83. The molecule has 1 heterocycles. The van der Waals surface area contributed by atoms with Crippen LogP contribution in [0.15, 0.2) is 12.2 Å². The summed E-state index contributed by atoms with van der Waals surface area (Å²) in [5.41, 5.74) is 1.13. The van der Waals surface area contributed by atoms with Crippen molar-refractivity contribution in [3.8, 4) is 0 Å². The number of carbonyl (C=O) groups is 1. The maximum atomic E-state index is 11.5. The lowest BCUT2D eigenvalue weighted by Gasteiger charge is -2.17. The van der Waals surface area contributed by atoms with E-state index in [1.54, 1.807) is 0 Å². The molecule has 1 aliphatic carbocycles. The Labute approximate surface area is 91.5 Å². The molecule has 0 aromatic carbocycles. The minimum Gasteiger partial charge on any atom is -0.338 e. The molecule has 84 valence electrons. The fraction of sp³-hybridized carbons (Fsp3) is 0.750. The van der Waals surface area contributed by atoms with Gasteiger partial charge in [0.1, 0.15) is 0 Å². The summed E-state index contributed by atoms with van der Waals surface area (Å²) in [5, 5.41) is 3.42. The van der Waals surface area contributed by atoms with Gasteiger partial charge < -0.3 is 10.2 Å². The van der Waals surface area contributed by atoms with Crippen LogP contribution in [0.1, 0.15) is 26.2 Å². The summed E-state index contributed by atoms with van der Waals surface area (Å²) in [7, 11) is 0. The van der Waals surface area contributed by atoms with Crippen molar-refractivity contribution in [1.29, 1.82) is 0 Å². The minimum atomic E-state index is 0.287. The third-order valence-corrected chi connectivity index (χ3v) is 3.04. The summed E-state index contributed by atoms with van der Waals surface area (Å²) in [4.78, 5) is 13.5. The molecule has 0 spiro atoms. The summed E-state index contributed by atoms with van der Waals surface area (Å²) < 4.78 is 0. The van der Waals surface area contributed by atoms with Crippen molar-refractivity contribution in [2.24, 2.45) is 5.92 Å². The van der Waals surface area contributed by atoms with Gasteiger partial charge in [-0.2, -0.15) is 0 Å². The van der Waals surface area contributed by atoms with Gasteiger partial charge in [-0.1, -0.05) is 13.5 Å². The first-order valence-electron chi connectivity index (χ1n) is 5.83. The van der Waals surface area contributed by atoms with Gasteiger partial charge in [0.2, 0.25) is 5.91 Å². The van der Waals surface area contributed by atoms with Crippen LogP contribution in [0.5, 0.6) is 0 Å². The highest BCUT2D eigenvalue weighted by Gasteiger charge is 2.26. The lowest BCUT2D eigenvalue weighted by atomic mass is 10.2. The molecule has 1 aliphatic heterocycles. The van der Waals surface area contributed by atoms with Gasteiger partial charge in [-0.05, 0) is 24.3 Å². The van der Waals surface area contributed by atoms with Gasteiger partial charge in [-0.25, -0.2) is 0 Å². The van der Waals surface area contributed by atoms with Crippen LogP contribution in [0.4, 0.5) is 0 Å². The number of amides is 1. The number of hydrogen-bond donors (Lipinski definition) is 1. The van der Waals surface area contributed by atoms with Gasteiger partial charge in [0.15, 0.2) is 0 Å². The molecule has 1 unspecified atom stereocenters. The van der Waals surface area contributed by atoms with E-state index in [9.17, 15) is 4.79 Å². The third-order valence-electron chi connectivity index (χ3n) is 3.04. The predicted molar refractivity (Wildman–Crippen MR) is 60.5 cm³/mol. The first kappa shape index (κ1) is 10.7. The van der Waals surface area contributed by atoms with Gasteiger partial charge in [-0.3, -0.25) is 4.79 Å². The van der Waals surface area contributed by atoms with E-state index in [2.05, 4.69) is 18.8 Å². The van der Waals surface area contributed by atoms with Gasteiger partial charge in [0, 0.05) is 32.1 Å². The highest BCUT2D eigenvalue weighted by atomic mass is 16.2. The van der Waals surface area contributed by atoms with Crippen molar-refractivity contribution in [3.05, 3.63) is 12.2 Å². The third kappa shape index (κ3) is 3.06. The highest BCUT2D eigenvalue weighted by molar-refractivity contribution is 5.78. The number of carbonyl (C=O) groups excluding carboxylic acids is 1. The molecule has 1 N–H and O–H groups in total. The lowest BCUT2D eigenvalue weighted by Crippen LogP contribution is -2.30. The molecule has 1 amide bonds. The van der Waals surface area contributed by atoms with E-state index in [4.69, 9.17) is 0 Å². The normalized spacial score (nSPS) is 26.1. The van der Waals surface area contributed by atoms with E-state index >= 15 is 0 Å². The fourth-order valence-corrected chi connectivity index (χ4v) is 2.02. The van der Waals surface area contributed by atoms with Crippen LogP contribution in [0, 0.1) is 5.92 Å². The quantitative estimate of drug-likeness (QED) is 0.688. The van der Waals surface area contributed by atoms with Crippen molar-refractivity contribution < 1.29 is 4.79 Å². The van der Waals surface area contributed by atoms with E-state index in [0.717, 1.165) is 31.2 Å². The van der Waals surface area contributed by atoms with Crippen molar-refractivity contribution in [1.82, 2.24) is 10.2 Å². The van der Waals surface area contributed by atoms with Crippen molar-refractivity contribution in [2.45, 2.75) is 32.2 Å². The average Bonchev–Trinajstić information content (AvgIpc) is 2.92. The van der Waals surface area contributed by atoms with E-state index in [1.165, 1.54) is 12.8 Å². The SMILES string of the molecule is C=C(CNC1CC1)CN1CC(C)CC1=O. The average molecular weight is 208 g/mol. The molecule has 0 bridgehead atoms. The second kappa shape index (κ2) is 4.35. The molecule has 2 aliphatic rings. The van der Waals surface area contributed by atoms with Crippen LogP contribution in [0.2, 0.25) is 0 Å². The van der Waals surface area contributed by atoms with Crippen LogP contribution in [-0.2, 0) is 4.79 Å². The van der Waals surface area contributed by atoms with E-state index in [-0.39, 0.29) is 5.91 Å². The second-order valence-electron chi connectivity index (χ2n) is 4.99. The summed E-state index contributed by atoms with van der Waals surface area (Å²) >= 11 is 0. The number of nitrogens with zero attached hydrogens (tertiary/aromatic N) is 1. The molecular weight excluding hydrogens is 188 g/mol. The van der Waals surface area contributed by atoms with E-state index in [0.29, 0.717) is 12.3 Å². The van der Waals surface area contributed by atoms with E-state index < -0.39 is 0 Å². The topological polar surface area (TPSA) is 32.3 Å². The number of hydrogen-bond acceptors (Lipinski definition) is 2. The summed E-state index contributed by atoms with van der Waals surface area (Å²) in [6, 6.07) is 0.718. The van der Waals surface area contributed by atoms with Crippen LogP contribution < -0.4 is 5.32 Å². The standard InChI is InChI=1S/C12H20N2O/c1-9-5-12(15)14(7-9)8-10(2)6-13-11-3-4-11/h9,11,13H,2-8H2,1H3. The Morgan fingerprint density at radius 2 is 2.33 bits per heavy atom. The Hall–Kier alpha value is -0.830. The summed E-state index contributed by atoms with van der Waals surface area (Å²) in [6.45, 7) is 8.66. The largest absolute Gasteiger partial charge is 0.338 e. The number of rotatable bonds is 5. The maximum Gasteiger partial charge on any atom is 0.223 e. The molecule has 3 nitrogen and oxygen atoms in total. The molecule has 0 aromatic rings. The fourth-order valence-electron chi connectivity index (χ4n) is 2.02. The zero-order valence-corrected chi connectivity index (χ0v) is 9.46. The summed E-state index contributed by atoms with van der Waals surface area (Å²) in [5.74, 6) is 0.803. The zero-order valence-electron chi connectivity index (χ0n) is 9.46. The predicted octanol–water partition coefficient (Wildman–Crippen LogP) is 1.16. The van der Waals surface area contributed by atoms with E-state index in [1.807, 2.05) is 4.90 Å². The van der Waals surface area contributed by atoms with Gasteiger partial charge >= 0.3 is 0 Å².